The molecule has 0 spiro atoms. The van der Waals surface area contributed by atoms with Gasteiger partial charge in [0.05, 0.1) is 0 Å². The Kier molecular flexibility index (Phi) is 8.43. The van der Waals surface area contributed by atoms with E-state index < -0.39 is 20.7 Å². The summed E-state index contributed by atoms with van der Waals surface area (Å²) < 4.78 is 44.6. The molecule has 0 aromatic heterocycles. The molecule has 2 amide bonds. The molecule has 2 aliphatic rings. The van der Waals surface area contributed by atoms with Crippen molar-refractivity contribution in [3.8, 4) is 0 Å². The second kappa shape index (κ2) is 10.9. The fraction of sp³-hybridized carbons (Fsp3) is 0.636. The summed E-state index contributed by atoms with van der Waals surface area (Å²) in [4.78, 5) is 26.3. The Bertz CT molecular complexity index is 926. The predicted molar refractivity (Wildman–Crippen MR) is 120 cm³/mol. The molecule has 0 atom stereocenters. The fourth-order valence-corrected chi connectivity index (χ4v) is 6.76. The summed E-state index contributed by atoms with van der Waals surface area (Å²) in [6.45, 7) is 0.891. The molecular formula is C22H32FN3O6S. The Morgan fingerprint density at radius 2 is 1.82 bits per heavy atom. The number of nitrogens with one attached hydrogen (secondary N) is 1. The number of carbonyl (C=O) groups excluding carboxylic acids is 2. The number of nitrogens with zero attached hydrogens (tertiary/aromatic N) is 2. The van der Waals surface area contributed by atoms with Gasteiger partial charge in [0.25, 0.3) is 5.91 Å². The van der Waals surface area contributed by atoms with Crippen molar-refractivity contribution in [2.24, 2.45) is 5.92 Å². The lowest BCUT2D eigenvalue weighted by Gasteiger charge is -2.40. The van der Waals surface area contributed by atoms with Gasteiger partial charge in [-0.05, 0) is 55.9 Å². The molecule has 3 rings (SSSR count). The number of halogens is 1. The average molecular weight is 486 g/mol. The Balaban J connectivity index is 1.49. The summed E-state index contributed by atoms with van der Waals surface area (Å²) in [5.41, 5.74) is 2.17. The maximum atomic E-state index is 13.3. The van der Waals surface area contributed by atoms with Gasteiger partial charge in [-0.15, -0.1) is 0 Å². The van der Waals surface area contributed by atoms with Gasteiger partial charge in [-0.2, -0.15) is 0 Å². The van der Waals surface area contributed by atoms with Crippen molar-refractivity contribution in [3.63, 3.8) is 0 Å². The van der Waals surface area contributed by atoms with E-state index in [0.29, 0.717) is 44.5 Å². The summed E-state index contributed by atoms with van der Waals surface area (Å²) in [5.74, 6) is -1.03. The first-order valence-electron chi connectivity index (χ1n) is 11.3. The zero-order valence-corrected chi connectivity index (χ0v) is 19.7. The van der Waals surface area contributed by atoms with Gasteiger partial charge < -0.3 is 9.64 Å². The van der Waals surface area contributed by atoms with E-state index in [0.717, 1.165) is 6.42 Å². The summed E-state index contributed by atoms with van der Waals surface area (Å²) in [6, 6.07) is 5.75. The normalized spacial score (nSPS) is 19.7. The molecular weight excluding hydrogens is 453 g/mol. The van der Waals surface area contributed by atoms with E-state index in [1.807, 2.05) is 0 Å². The summed E-state index contributed by atoms with van der Waals surface area (Å²) >= 11 is 0. The monoisotopic (exact) mass is 485 g/mol. The SMILES string of the molecule is CN(C(=O)CCCC1CCN(S(=O)(=O)C2(C(=O)NO)CCOCC2)CC1)c1ccc(F)cc1. The molecule has 0 aliphatic carbocycles. The summed E-state index contributed by atoms with van der Waals surface area (Å²) in [7, 11) is -2.31. The van der Waals surface area contributed by atoms with E-state index in [4.69, 9.17) is 9.94 Å². The molecule has 2 fully saturated rings. The molecule has 184 valence electrons. The van der Waals surface area contributed by atoms with E-state index in [1.54, 1.807) is 19.2 Å². The van der Waals surface area contributed by atoms with Crippen LogP contribution in [0, 0.1) is 11.7 Å². The van der Waals surface area contributed by atoms with E-state index >= 15 is 0 Å². The zero-order chi connectivity index (χ0) is 24.1. The molecule has 2 heterocycles. The standard InChI is InChI=1S/C22H32FN3O6S/c1-25(19-7-5-18(23)6-8-19)20(27)4-2-3-17-9-13-26(14-10-17)33(30,31)22(21(28)24-29)11-15-32-16-12-22/h5-8,17,29H,2-4,9-16H2,1H3,(H,24,28). The first kappa shape index (κ1) is 25.5. The highest BCUT2D eigenvalue weighted by molar-refractivity contribution is 7.91. The van der Waals surface area contributed by atoms with Gasteiger partial charge in [-0.3, -0.25) is 14.8 Å². The van der Waals surface area contributed by atoms with Crippen molar-refractivity contribution in [1.29, 1.82) is 0 Å². The highest BCUT2D eigenvalue weighted by Crippen LogP contribution is 2.35. The molecule has 1 aromatic rings. The van der Waals surface area contributed by atoms with Crippen molar-refractivity contribution in [3.05, 3.63) is 30.1 Å². The summed E-state index contributed by atoms with van der Waals surface area (Å²) in [5, 5.41) is 9.15. The molecule has 2 aliphatic heterocycles. The number of piperidine rings is 1. The minimum Gasteiger partial charge on any atom is -0.381 e. The zero-order valence-electron chi connectivity index (χ0n) is 18.8. The molecule has 2 saturated heterocycles. The van der Waals surface area contributed by atoms with Crippen LogP contribution in [0.2, 0.25) is 0 Å². The Hall–Kier alpha value is -2.08. The molecule has 0 radical (unpaired) electrons. The number of anilines is 1. The molecule has 0 saturated carbocycles. The van der Waals surface area contributed by atoms with Crippen molar-refractivity contribution < 1.29 is 32.3 Å². The minimum atomic E-state index is -3.97. The topological polar surface area (TPSA) is 116 Å². The molecule has 9 nitrogen and oxygen atoms in total. The average Bonchev–Trinajstić information content (AvgIpc) is 2.84. The van der Waals surface area contributed by atoms with Gasteiger partial charge in [-0.1, -0.05) is 0 Å². The van der Waals surface area contributed by atoms with Crippen LogP contribution in [0.25, 0.3) is 0 Å². The molecule has 33 heavy (non-hydrogen) atoms. The number of hydrogen-bond acceptors (Lipinski definition) is 6. The minimum absolute atomic E-state index is 0.00530. The van der Waals surface area contributed by atoms with Crippen LogP contribution in [0.5, 0.6) is 0 Å². The van der Waals surface area contributed by atoms with Gasteiger partial charge in [0, 0.05) is 58.3 Å². The van der Waals surface area contributed by atoms with Crippen LogP contribution >= 0.6 is 0 Å². The number of carbonyl (C=O) groups is 2. The Morgan fingerprint density at radius 1 is 1.21 bits per heavy atom. The maximum absolute atomic E-state index is 13.3. The number of hydrogen-bond donors (Lipinski definition) is 2. The van der Waals surface area contributed by atoms with Gasteiger partial charge in [0.1, 0.15) is 5.82 Å². The van der Waals surface area contributed by atoms with Crippen LogP contribution in [-0.2, 0) is 24.3 Å². The van der Waals surface area contributed by atoms with Crippen LogP contribution in [-0.4, -0.2) is 67.8 Å². The number of ether oxygens (including phenoxy) is 1. The number of hydroxylamine groups is 1. The highest BCUT2D eigenvalue weighted by Gasteiger charge is 2.54. The molecule has 1 aromatic carbocycles. The van der Waals surface area contributed by atoms with E-state index in [9.17, 15) is 22.4 Å². The van der Waals surface area contributed by atoms with Crippen LogP contribution < -0.4 is 10.4 Å². The van der Waals surface area contributed by atoms with Crippen LogP contribution in [0.4, 0.5) is 10.1 Å². The van der Waals surface area contributed by atoms with Gasteiger partial charge >= 0.3 is 0 Å². The Morgan fingerprint density at radius 3 is 2.39 bits per heavy atom. The van der Waals surface area contributed by atoms with Crippen LogP contribution in [0.3, 0.4) is 0 Å². The van der Waals surface area contributed by atoms with Crippen molar-refractivity contribution in [2.75, 3.05) is 38.3 Å². The lowest BCUT2D eigenvalue weighted by Crippen LogP contribution is -2.60. The van der Waals surface area contributed by atoms with Gasteiger partial charge in [0.15, 0.2) is 4.75 Å². The second-order valence-electron chi connectivity index (χ2n) is 8.72. The molecule has 2 N–H and O–H groups in total. The number of rotatable bonds is 8. The third-order valence-corrected chi connectivity index (χ3v) is 9.44. The first-order chi connectivity index (χ1) is 15.7. The van der Waals surface area contributed by atoms with E-state index in [2.05, 4.69) is 0 Å². The largest absolute Gasteiger partial charge is 0.381 e. The Labute approximate surface area is 193 Å². The maximum Gasteiger partial charge on any atom is 0.266 e. The molecule has 0 unspecified atom stereocenters. The molecule has 0 bridgehead atoms. The van der Waals surface area contributed by atoms with E-state index in [1.165, 1.54) is 26.8 Å². The second-order valence-corrected chi connectivity index (χ2v) is 11.0. The first-order valence-corrected chi connectivity index (χ1v) is 12.7. The lowest BCUT2D eigenvalue weighted by atomic mass is 9.92. The van der Waals surface area contributed by atoms with Crippen molar-refractivity contribution in [2.45, 2.75) is 49.7 Å². The van der Waals surface area contributed by atoms with E-state index in [-0.39, 0.29) is 43.7 Å². The third-order valence-electron chi connectivity index (χ3n) is 6.81. The van der Waals surface area contributed by atoms with Gasteiger partial charge in [-0.25, -0.2) is 22.6 Å². The summed E-state index contributed by atoms with van der Waals surface area (Å²) in [6.07, 6.45) is 3.13. The lowest BCUT2D eigenvalue weighted by molar-refractivity contribution is -0.134. The smallest absolute Gasteiger partial charge is 0.266 e. The van der Waals surface area contributed by atoms with Crippen molar-refractivity contribution >= 4 is 27.5 Å². The quantitative estimate of drug-likeness (QED) is 0.430. The predicted octanol–water partition coefficient (Wildman–Crippen LogP) is 2.06. The highest BCUT2D eigenvalue weighted by atomic mass is 32.2. The number of benzene rings is 1. The van der Waals surface area contributed by atoms with Crippen LogP contribution in [0.1, 0.15) is 44.9 Å². The number of amides is 2. The van der Waals surface area contributed by atoms with Crippen LogP contribution in [0.15, 0.2) is 24.3 Å². The fourth-order valence-electron chi connectivity index (χ4n) is 4.61. The van der Waals surface area contributed by atoms with Crippen molar-refractivity contribution in [1.82, 2.24) is 9.79 Å². The molecule has 11 heteroatoms. The third kappa shape index (κ3) is 5.53. The van der Waals surface area contributed by atoms with Gasteiger partial charge in [0.2, 0.25) is 15.9 Å². The number of sulfonamides is 1.